The lowest BCUT2D eigenvalue weighted by molar-refractivity contribution is 0.0475. The molecular weight excluding hydrogens is 355 g/mol. The second-order valence-electron chi connectivity index (χ2n) is 7.74. The van der Waals surface area contributed by atoms with E-state index in [0.717, 1.165) is 54.7 Å². The van der Waals surface area contributed by atoms with E-state index in [1.165, 1.54) is 12.1 Å². The van der Waals surface area contributed by atoms with Gasteiger partial charge in [0.15, 0.2) is 0 Å². The molecule has 2 heterocycles. The Bertz CT molecular complexity index is 898. The number of hydrogen-bond donors (Lipinski definition) is 2. The van der Waals surface area contributed by atoms with Crippen molar-refractivity contribution >= 4 is 5.71 Å². The number of nitrogens with one attached hydrogen (secondary N) is 1. The molecule has 2 aromatic rings. The van der Waals surface area contributed by atoms with E-state index in [9.17, 15) is 4.39 Å². The molecule has 2 atom stereocenters. The average molecular weight is 384 g/mol. The van der Waals surface area contributed by atoms with Crippen LogP contribution in [-0.2, 0) is 6.42 Å². The first-order valence-electron chi connectivity index (χ1n) is 9.91. The minimum Gasteiger partial charge on any atom is -0.485 e. The molecule has 5 nitrogen and oxygen atoms in total. The summed E-state index contributed by atoms with van der Waals surface area (Å²) >= 11 is 0. The maximum Gasteiger partial charge on any atom is 0.128 e. The Morgan fingerprint density at radius 3 is 2.68 bits per heavy atom. The lowest BCUT2D eigenvalue weighted by Crippen LogP contribution is -2.42. The van der Waals surface area contributed by atoms with E-state index in [1.807, 2.05) is 13.8 Å². The van der Waals surface area contributed by atoms with Crippen molar-refractivity contribution in [2.75, 3.05) is 0 Å². The first-order valence-corrected chi connectivity index (χ1v) is 9.91. The zero-order valence-corrected chi connectivity index (χ0v) is 17.1. The van der Waals surface area contributed by atoms with Gasteiger partial charge in [0.2, 0.25) is 0 Å². The number of rotatable bonds is 7. The fourth-order valence-corrected chi connectivity index (χ4v) is 4.18. The van der Waals surface area contributed by atoms with Gasteiger partial charge in [0.1, 0.15) is 22.9 Å². The Morgan fingerprint density at radius 1 is 1.25 bits per heavy atom. The summed E-state index contributed by atoms with van der Waals surface area (Å²) in [6, 6.07) is 4.26. The van der Waals surface area contributed by atoms with Gasteiger partial charge in [-0.2, -0.15) is 0 Å². The molecule has 0 amide bonds. The monoisotopic (exact) mass is 384 g/mol. The number of fused-ring (bicyclic) bond motifs is 1. The van der Waals surface area contributed by atoms with E-state index in [4.69, 9.17) is 15.9 Å². The van der Waals surface area contributed by atoms with Crippen molar-refractivity contribution in [3.8, 4) is 5.75 Å². The largest absolute Gasteiger partial charge is 0.485 e. The Labute approximate surface area is 166 Å². The van der Waals surface area contributed by atoms with Gasteiger partial charge in [0, 0.05) is 5.56 Å². The van der Waals surface area contributed by atoms with E-state index in [2.05, 4.69) is 16.9 Å². The van der Waals surface area contributed by atoms with Crippen LogP contribution in [0.25, 0.3) is 0 Å². The number of ether oxygens (including phenoxy) is 1. The highest BCUT2D eigenvalue weighted by atomic mass is 19.1. The van der Waals surface area contributed by atoms with Crippen LogP contribution in [0.1, 0.15) is 73.9 Å². The predicted molar refractivity (Wildman–Crippen MR) is 109 cm³/mol. The van der Waals surface area contributed by atoms with Gasteiger partial charge in [-0.1, -0.05) is 13.3 Å². The predicted octanol–water partition coefficient (Wildman–Crippen LogP) is 4.57. The maximum atomic E-state index is 13.7. The van der Waals surface area contributed by atoms with Gasteiger partial charge >= 0.3 is 0 Å². The number of benzene rings is 1. The van der Waals surface area contributed by atoms with E-state index < -0.39 is 5.60 Å². The Kier molecular flexibility index (Phi) is 5.79. The summed E-state index contributed by atoms with van der Waals surface area (Å²) in [5.74, 6) is 0.410. The molecule has 0 radical (unpaired) electrons. The van der Waals surface area contributed by atoms with Crippen LogP contribution in [-0.4, -0.2) is 21.3 Å². The number of aromatic nitrogens is 2. The summed E-state index contributed by atoms with van der Waals surface area (Å²) in [7, 11) is 0. The summed E-state index contributed by atoms with van der Waals surface area (Å²) in [6.45, 7) is 7.66. The van der Waals surface area contributed by atoms with Crippen molar-refractivity contribution in [2.45, 2.75) is 71.4 Å². The summed E-state index contributed by atoms with van der Waals surface area (Å²) in [5.41, 5.74) is 10.4. The molecule has 1 unspecified atom stereocenters. The Hall–Kier alpha value is -2.34. The fraction of sp³-hybridized carbons (Fsp3) is 0.500. The molecule has 3 rings (SSSR count). The SMILES string of the molecule is CCCC1(CCCc2nc(C)c(C(C)=N)nc2C)Oc2ccc(F)cc2[C@H]1N. The van der Waals surface area contributed by atoms with Gasteiger partial charge in [-0.3, -0.25) is 4.98 Å². The second kappa shape index (κ2) is 7.95. The van der Waals surface area contributed by atoms with Gasteiger partial charge < -0.3 is 15.9 Å². The van der Waals surface area contributed by atoms with E-state index in [-0.39, 0.29) is 11.9 Å². The number of nitrogens with two attached hydrogens (primary N) is 1. The zero-order valence-electron chi connectivity index (χ0n) is 17.1. The maximum absolute atomic E-state index is 13.7. The fourth-order valence-electron chi connectivity index (χ4n) is 4.18. The molecule has 150 valence electrons. The van der Waals surface area contributed by atoms with E-state index in [0.29, 0.717) is 17.2 Å². The summed E-state index contributed by atoms with van der Waals surface area (Å²) in [4.78, 5) is 9.22. The van der Waals surface area contributed by atoms with Crippen LogP contribution < -0.4 is 10.5 Å². The number of nitrogens with zero attached hydrogens (tertiary/aromatic N) is 2. The topological polar surface area (TPSA) is 84.9 Å². The van der Waals surface area contributed by atoms with Crippen molar-refractivity contribution in [1.29, 1.82) is 5.41 Å². The van der Waals surface area contributed by atoms with Crippen LogP contribution in [0, 0.1) is 25.1 Å². The molecule has 1 aromatic carbocycles. The van der Waals surface area contributed by atoms with Crippen molar-refractivity contribution in [3.63, 3.8) is 0 Å². The minimum absolute atomic E-state index is 0.284. The Morgan fingerprint density at radius 2 is 2.00 bits per heavy atom. The quantitative estimate of drug-likeness (QED) is 0.685. The van der Waals surface area contributed by atoms with Crippen LogP contribution in [0.3, 0.4) is 0 Å². The van der Waals surface area contributed by atoms with Gasteiger partial charge in [-0.15, -0.1) is 0 Å². The third-order valence-corrected chi connectivity index (χ3v) is 5.57. The molecule has 0 saturated heterocycles. The molecule has 0 bridgehead atoms. The van der Waals surface area contributed by atoms with Crippen LogP contribution in [0.4, 0.5) is 4.39 Å². The van der Waals surface area contributed by atoms with Gasteiger partial charge in [0.05, 0.1) is 28.8 Å². The van der Waals surface area contributed by atoms with Crippen LogP contribution >= 0.6 is 0 Å². The van der Waals surface area contributed by atoms with E-state index >= 15 is 0 Å². The van der Waals surface area contributed by atoms with Crippen LogP contribution in [0.5, 0.6) is 5.75 Å². The number of halogens is 1. The summed E-state index contributed by atoms with van der Waals surface area (Å²) in [5, 5.41) is 7.81. The highest BCUT2D eigenvalue weighted by Crippen LogP contribution is 2.47. The lowest BCUT2D eigenvalue weighted by atomic mass is 9.83. The molecule has 1 aliphatic rings. The second-order valence-corrected chi connectivity index (χ2v) is 7.74. The summed E-state index contributed by atoms with van der Waals surface area (Å²) < 4.78 is 20.0. The number of aryl methyl sites for hydroxylation is 3. The van der Waals surface area contributed by atoms with Crippen molar-refractivity contribution in [3.05, 3.63) is 52.4 Å². The zero-order chi connectivity index (χ0) is 20.5. The molecule has 0 saturated carbocycles. The highest BCUT2D eigenvalue weighted by Gasteiger charge is 2.45. The smallest absolute Gasteiger partial charge is 0.128 e. The molecular formula is C22H29FN4O. The lowest BCUT2D eigenvalue weighted by Gasteiger charge is -2.33. The highest BCUT2D eigenvalue weighted by molar-refractivity contribution is 5.95. The summed E-state index contributed by atoms with van der Waals surface area (Å²) in [6.07, 6.45) is 4.14. The van der Waals surface area contributed by atoms with Crippen molar-refractivity contribution < 1.29 is 9.13 Å². The Balaban J connectivity index is 1.75. The van der Waals surface area contributed by atoms with Crippen molar-refractivity contribution in [2.24, 2.45) is 5.73 Å². The molecule has 1 aromatic heterocycles. The van der Waals surface area contributed by atoms with Gasteiger partial charge in [-0.05, 0) is 64.7 Å². The average Bonchev–Trinajstić information content (AvgIpc) is 2.90. The van der Waals surface area contributed by atoms with Gasteiger partial charge in [0.25, 0.3) is 0 Å². The minimum atomic E-state index is -0.507. The van der Waals surface area contributed by atoms with Crippen LogP contribution in [0.15, 0.2) is 18.2 Å². The normalized spacial score (nSPS) is 20.7. The van der Waals surface area contributed by atoms with Crippen LogP contribution in [0.2, 0.25) is 0 Å². The first kappa shape index (κ1) is 20.4. The molecule has 1 aliphatic heterocycles. The molecule has 3 N–H and O–H groups in total. The van der Waals surface area contributed by atoms with E-state index in [1.54, 1.807) is 13.0 Å². The molecule has 28 heavy (non-hydrogen) atoms. The molecule has 0 aliphatic carbocycles. The molecule has 6 heteroatoms. The standard InChI is InChI=1S/C22H29FN4O/c1-5-10-22(21(25)17-12-16(23)8-9-19(17)28-22)11-6-7-18-14(3)27-20(13(2)24)15(4)26-18/h8-9,12,21,24H,5-7,10-11,25H2,1-4H3/t21-,22?/m1/s1. The van der Waals surface area contributed by atoms with Crippen molar-refractivity contribution in [1.82, 2.24) is 9.97 Å². The molecule has 0 fully saturated rings. The third kappa shape index (κ3) is 3.78. The molecule has 0 spiro atoms. The third-order valence-electron chi connectivity index (χ3n) is 5.57. The first-order chi connectivity index (χ1) is 13.3. The van der Waals surface area contributed by atoms with Gasteiger partial charge in [-0.25, -0.2) is 9.37 Å². The number of hydrogen-bond acceptors (Lipinski definition) is 5.